The molecular weight excluding hydrogens is 311 g/mol. The molecule has 0 aliphatic carbocycles. The van der Waals surface area contributed by atoms with Gasteiger partial charge in [-0.3, -0.25) is 4.79 Å². The van der Waals surface area contributed by atoms with Crippen LogP contribution in [0.25, 0.3) is 0 Å². The molecule has 0 bridgehead atoms. The average Bonchev–Trinajstić information content (AvgIpc) is 2.33. The van der Waals surface area contributed by atoms with Gasteiger partial charge < -0.3 is 10.5 Å². The lowest BCUT2D eigenvalue weighted by molar-refractivity contribution is -0.146. The third kappa shape index (κ3) is 7.65. The van der Waals surface area contributed by atoms with Crippen molar-refractivity contribution in [2.24, 2.45) is 11.1 Å². The van der Waals surface area contributed by atoms with Gasteiger partial charge in [0.15, 0.2) is 0 Å². The number of pyridine rings is 1. The molecule has 21 heavy (non-hydrogen) atoms. The topological polar surface area (TPSA) is 65.2 Å². The largest absolute Gasteiger partial charge is 0.460 e. The van der Waals surface area contributed by atoms with Crippen molar-refractivity contribution in [2.75, 3.05) is 0 Å². The standard InChI is InChI=1S/C15H22Cl2N2O2/c1-15(2,3)6-4-5-11(18)14(20)21-9-10-7-12(16)19-13(17)8-10/h7-8,11H,4-6,9,18H2,1-3H3/t11-/m0/s1. The van der Waals surface area contributed by atoms with Crippen LogP contribution in [-0.4, -0.2) is 17.0 Å². The Morgan fingerprint density at radius 1 is 1.33 bits per heavy atom. The first-order valence-corrected chi connectivity index (χ1v) is 7.67. The number of halogens is 2. The van der Waals surface area contributed by atoms with Crippen LogP contribution in [0.2, 0.25) is 10.3 Å². The highest BCUT2D eigenvalue weighted by Crippen LogP contribution is 2.22. The van der Waals surface area contributed by atoms with E-state index < -0.39 is 12.0 Å². The van der Waals surface area contributed by atoms with Crippen molar-refractivity contribution in [1.82, 2.24) is 4.98 Å². The number of esters is 1. The number of aromatic nitrogens is 1. The van der Waals surface area contributed by atoms with E-state index in [4.69, 9.17) is 33.7 Å². The molecule has 4 nitrogen and oxygen atoms in total. The molecule has 0 radical (unpaired) electrons. The van der Waals surface area contributed by atoms with Crippen LogP contribution in [0.5, 0.6) is 0 Å². The van der Waals surface area contributed by atoms with E-state index >= 15 is 0 Å². The lowest BCUT2D eigenvalue weighted by Crippen LogP contribution is -2.32. The van der Waals surface area contributed by atoms with Crippen LogP contribution in [0.4, 0.5) is 0 Å². The highest BCUT2D eigenvalue weighted by Gasteiger charge is 2.17. The van der Waals surface area contributed by atoms with E-state index in [0.29, 0.717) is 12.0 Å². The van der Waals surface area contributed by atoms with Crippen LogP contribution in [-0.2, 0) is 16.1 Å². The number of nitrogens with zero attached hydrogens (tertiary/aromatic N) is 1. The number of ether oxygens (including phenoxy) is 1. The van der Waals surface area contributed by atoms with Crippen LogP contribution in [0, 0.1) is 5.41 Å². The number of nitrogens with two attached hydrogens (primary N) is 1. The monoisotopic (exact) mass is 332 g/mol. The van der Waals surface area contributed by atoms with Crippen molar-refractivity contribution in [1.29, 1.82) is 0 Å². The molecule has 0 fully saturated rings. The summed E-state index contributed by atoms with van der Waals surface area (Å²) in [7, 11) is 0. The number of rotatable bonds is 6. The van der Waals surface area contributed by atoms with Crippen molar-refractivity contribution in [3.05, 3.63) is 28.0 Å². The minimum Gasteiger partial charge on any atom is -0.460 e. The van der Waals surface area contributed by atoms with E-state index in [9.17, 15) is 4.79 Å². The summed E-state index contributed by atoms with van der Waals surface area (Å²) in [5.74, 6) is -0.409. The summed E-state index contributed by atoms with van der Waals surface area (Å²) in [6.45, 7) is 6.57. The van der Waals surface area contributed by atoms with Gasteiger partial charge in [-0.15, -0.1) is 0 Å². The van der Waals surface area contributed by atoms with Crippen molar-refractivity contribution >= 4 is 29.2 Å². The van der Waals surface area contributed by atoms with Crippen LogP contribution in [0.1, 0.15) is 45.6 Å². The van der Waals surface area contributed by atoms with E-state index in [-0.39, 0.29) is 22.3 Å². The van der Waals surface area contributed by atoms with E-state index in [1.165, 1.54) is 0 Å². The fraction of sp³-hybridized carbons (Fsp3) is 0.600. The van der Waals surface area contributed by atoms with Gasteiger partial charge in [-0.05, 0) is 36.0 Å². The summed E-state index contributed by atoms with van der Waals surface area (Å²) in [5, 5.41) is 0.533. The minimum atomic E-state index is -0.597. The summed E-state index contributed by atoms with van der Waals surface area (Å²) in [5.41, 5.74) is 6.77. The summed E-state index contributed by atoms with van der Waals surface area (Å²) in [4.78, 5) is 15.6. The molecular formula is C15H22Cl2N2O2. The van der Waals surface area contributed by atoms with Gasteiger partial charge in [0, 0.05) is 0 Å². The smallest absolute Gasteiger partial charge is 0.323 e. The molecule has 1 aromatic rings. The van der Waals surface area contributed by atoms with Gasteiger partial charge in [0.05, 0.1) is 0 Å². The summed E-state index contributed by atoms with van der Waals surface area (Å²) < 4.78 is 5.17. The molecule has 6 heteroatoms. The van der Waals surface area contributed by atoms with Crippen molar-refractivity contribution in [2.45, 2.75) is 52.7 Å². The van der Waals surface area contributed by atoms with Gasteiger partial charge in [0.1, 0.15) is 23.0 Å². The van der Waals surface area contributed by atoms with Crippen LogP contribution in [0.15, 0.2) is 12.1 Å². The maximum Gasteiger partial charge on any atom is 0.323 e. The second-order valence-corrected chi connectivity index (χ2v) is 7.06. The van der Waals surface area contributed by atoms with Crippen molar-refractivity contribution in [3.8, 4) is 0 Å². The molecule has 0 unspecified atom stereocenters. The summed E-state index contributed by atoms with van der Waals surface area (Å²) in [6, 6.07) is 2.61. The minimum absolute atomic E-state index is 0.0910. The van der Waals surface area contributed by atoms with Gasteiger partial charge in [0.25, 0.3) is 0 Å². The molecule has 0 saturated carbocycles. The molecule has 0 saturated heterocycles. The lowest BCUT2D eigenvalue weighted by Gasteiger charge is -2.19. The van der Waals surface area contributed by atoms with Gasteiger partial charge in [-0.2, -0.15) is 0 Å². The highest BCUT2D eigenvalue weighted by molar-refractivity contribution is 6.32. The van der Waals surface area contributed by atoms with Crippen molar-refractivity contribution in [3.63, 3.8) is 0 Å². The molecule has 0 amide bonds. The molecule has 0 spiro atoms. The first kappa shape index (κ1) is 18.2. The Morgan fingerprint density at radius 2 is 1.90 bits per heavy atom. The molecule has 0 aliphatic rings. The number of carbonyl (C=O) groups is 1. The predicted molar refractivity (Wildman–Crippen MR) is 85.3 cm³/mol. The zero-order chi connectivity index (χ0) is 16.0. The zero-order valence-corrected chi connectivity index (χ0v) is 14.2. The molecule has 1 aromatic heterocycles. The molecule has 1 atom stereocenters. The second-order valence-electron chi connectivity index (χ2n) is 6.29. The average molecular weight is 333 g/mol. The molecule has 1 heterocycles. The molecule has 118 valence electrons. The zero-order valence-electron chi connectivity index (χ0n) is 12.7. The fourth-order valence-electron chi connectivity index (χ4n) is 1.83. The number of hydrogen-bond acceptors (Lipinski definition) is 4. The Hall–Kier alpha value is -0.840. The van der Waals surface area contributed by atoms with Crippen LogP contribution >= 0.6 is 23.2 Å². The predicted octanol–water partition coefficient (Wildman–Crippen LogP) is 3.98. The Labute approximate surface area is 136 Å². The SMILES string of the molecule is CC(C)(C)CCC[C@H](N)C(=O)OCc1cc(Cl)nc(Cl)c1. The Balaban J connectivity index is 2.39. The van der Waals surface area contributed by atoms with Gasteiger partial charge in [0.2, 0.25) is 0 Å². The Morgan fingerprint density at radius 3 is 2.43 bits per heavy atom. The normalized spacial score (nSPS) is 13.0. The molecule has 2 N–H and O–H groups in total. The third-order valence-electron chi connectivity index (χ3n) is 2.95. The molecule has 0 aromatic carbocycles. The summed E-state index contributed by atoms with van der Waals surface area (Å²) >= 11 is 11.6. The first-order chi connectivity index (χ1) is 9.67. The second kappa shape index (κ2) is 7.97. The van der Waals surface area contributed by atoms with Crippen molar-refractivity contribution < 1.29 is 9.53 Å². The Kier molecular flexibility index (Phi) is 6.91. The highest BCUT2D eigenvalue weighted by atomic mass is 35.5. The first-order valence-electron chi connectivity index (χ1n) is 6.91. The Bertz CT molecular complexity index is 467. The maximum atomic E-state index is 11.8. The van der Waals surface area contributed by atoms with E-state index in [0.717, 1.165) is 12.8 Å². The van der Waals surface area contributed by atoms with Gasteiger partial charge in [-0.1, -0.05) is 50.4 Å². The van der Waals surface area contributed by atoms with E-state index in [2.05, 4.69) is 25.8 Å². The molecule has 1 rings (SSSR count). The fourth-order valence-corrected chi connectivity index (χ4v) is 2.33. The third-order valence-corrected chi connectivity index (χ3v) is 3.34. The van der Waals surface area contributed by atoms with Gasteiger partial charge >= 0.3 is 5.97 Å². The number of carbonyl (C=O) groups excluding carboxylic acids is 1. The lowest BCUT2D eigenvalue weighted by atomic mass is 9.89. The quantitative estimate of drug-likeness (QED) is 0.632. The van der Waals surface area contributed by atoms with Crippen LogP contribution < -0.4 is 5.73 Å². The summed E-state index contributed by atoms with van der Waals surface area (Å²) in [6.07, 6.45) is 2.53. The van der Waals surface area contributed by atoms with Crippen LogP contribution in [0.3, 0.4) is 0 Å². The maximum absolute atomic E-state index is 11.8. The van der Waals surface area contributed by atoms with E-state index in [1.54, 1.807) is 12.1 Å². The van der Waals surface area contributed by atoms with E-state index in [1.807, 2.05) is 0 Å². The molecule has 0 aliphatic heterocycles. The number of hydrogen-bond donors (Lipinski definition) is 1. The van der Waals surface area contributed by atoms with Gasteiger partial charge in [-0.25, -0.2) is 4.98 Å².